The minimum atomic E-state index is -0.595. The van der Waals surface area contributed by atoms with E-state index >= 15 is 0 Å². The lowest BCUT2D eigenvalue weighted by Gasteiger charge is -2.48. The van der Waals surface area contributed by atoms with E-state index in [1.807, 2.05) is 23.6 Å². The molecule has 1 saturated heterocycles. The fourth-order valence-electron chi connectivity index (χ4n) is 3.55. The Bertz CT molecular complexity index is 881. The first-order valence-electron chi connectivity index (χ1n) is 8.82. The first-order valence-corrected chi connectivity index (χ1v) is 10.7. The van der Waals surface area contributed by atoms with Crippen LogP contribution >= 0.6 is 23.1 Å². The number of fused-ring (bicyclic) bond motifs is 1. The largest absolute Gasteiger partial charge is 0.383 e. The van der Waals surface area contributed by atoms with Crippen LogP contribution in [0, 0.1) is 5.92 Å². The predicted octanol–water partition coefficient (Wildman–Crippen LogP) is 3.27. The normalized spacial score (nSPS) is 26.7. The third kappa shape index (κ3) is 3.61. The van der Waals surface area contributed by atoms with Gasteiger partial charge in [-0.1, -0.05) is 30.0 Å². The molecular formula is C19H22N4O2S2. The quantitative estimate of drug-likeness (QED) is 0.805. The third-order valence-corrected chi connectivity index (χ3v) is 7.03. The van der Waals surface area contributed by atoms with Crippen molar-refractivity contribution in [3.63, 3.8) is 0 Å². The fourth-order valence-corrected chi connectivity index (χ4v) is 5.61. The van der Waals surface area contributed by atoms with Crippen molar-refractivity contribution in [2.24, 2.45) is 10.9 Å². The number of carbonyl (C=O) groups is 1. The number of hydrogen-bond acceptors (Lipinski definition) is 7. The number of aliphatic imine (C=N–C) groups is 1. The number of thiazole rings is 1. The van der Waals surface area contributed by atoms with Crippen molar-refractivity contribution in [2.75, 3.05) is 18.1 Å². The molecule has 2 atom stereocenters. The van der Waals surface area contributed by atoms with Gasteiger partial charge in [0.25, 0.3) is 5.91 Å². The van der Waals surface area contributed by atoms with Gasteiger partial charge in [0, 0.05) is 22.6 Å². The molecule has 0 saturated carbocycles. The Morgan fingerprint density at radius 3 is 2.81 bits per heavy atom. The van der Waals surface area contributed by atoms with Crippen LogP contribution in [0.2, 0.25) is 0 Å². The van der Waals surface area contributed by atoms with Crippen LogP contribution in [0.15, 0.2) is 40.7 Å². The maximum Gasteiger partial charge on any atom is 0.257 e. The standard InChI is InChI=1S/C19H22N4O2S2/c1-18(2)8-13-9-27-17(22-15(24)12-6-4-3-5-7-12)23-19(13,11-25-18)16-21-14(20)10-26-16/h3-7,10,13H,8-9,11,20H2,1-2H3,(H,22,23,24). The molecule has 0 radical (unpaired) electrons. The SMILES string of the molecule is CC1(C)CC2CSC(NC(=O)c3ccccc3)=NC2(c2nc(N)cs2)CO1. The van der Waals surface area contributed by atoms with E-state index in [0.717, 1.165) is 17.2 Å². The average Bonchev–Trinajstić information content (AvgIpc) is 3.09. The molecule has 2 unspecified atom stereocenters. The molecule has 1 aromatic carbocycles. The minimum absolute atomic E-state index is 0.161. The number of rotatable bonds is 2. The number of nitrogens with zero attached hydrogens (tertiary/aromatic N) is 2. The van der Waals surface area contributed by atoms with Crippen LogP contribution < -0.4 is 11.1 Å². The van der Waals surface area contributed by atoms with E-state index in [4.69, 9.17) is 15.5 Å². The van der Waals surface area contributed by atoms with Gasteiger partial charge in [0.2, 0.25) is 0 Å². The summed E-state index contributed by atoms with van der Waals surface area (Å²) in [7, 11) is 0. The molecule has 3 N–H and O–H groups in total. The summed E-state index contributed by atoms with van der Waals surface area (Å²) in [5.74, 6) is 1.46. The summed E-state index contributed by atoms with van der Waals surface area (Å²) in [4.78, 5) is 22.0. The summed E-state index contributed by atoms with van der Waals surface area (Å²) in [6.07, 6.45) is 0.878. The number of nitrogen functional groups attached to an aromatic ring is 1. The number of thioether (sulfide) groups is 1. The number of anilines is 1. The smallest absolute Gasteiger partial charge is 0.257 e. The lowest BCUT2D eigenvalue weighted by molar-refractivity contribution is -0.109. The lowest BCUT2D eigenvalue weighted by atomic mass is 9.77. The Balaban J connectivity index is 1.67. The average molecular weight is 403 g/mol. The van der Waals surface area contributed by atoms with Crippen LogP contribution in [0.4, 0.5) is 5.82 Å². The zero-order valence-corrected chi connectivity index (χ0v) is 16.9. The van der Waals surface area contributed by atoms with Crippen LogP contribution in [0.3, 0.4) is 0 Å². The Morgan fingerprint density at radius 2 is 2.11 bits per heavy atom. The number of nitrogens with one attached hydrogen (secondary N) is 1. The van der Waals surface area contributed by atoms with Crippen LogP contribution in [0.25, 0.3) is 0 Å². The zero-order chi connectivity index (χ0) is 19.1. The second-order valence-electron chi connectivity index (χ2n) is 7.50. The van der Waals surface area contributed by atoms with Crippen molar-refractivity contribution >= 4 is 40.0 Å². The molecule has 6 nitrogen and oxygen atoms in total. The molecule has 1 amide bonds. The molecule has 0 spiro atoms. The number of aromatic nitrogens is 1. The van der Waals surface area contributed by atoms with Crippen molar-refractivity contribution in [1.82, 2.24) is 10.3 Å². The van der Waals surface area contributed by atoms with Crippen LogP contribution in [-0.4, -0.2) is 34.0 Å². The molecule has 142 valence electrons. The monoisotopic (exact) mass is 402 g/mol. The maximum absolute atomic E-state index is 12.6. The van der Waals surface area contributed by atoms with E-state index in [0.29, 0.717) is 23.2 Å². The van der Waals surface area contributed by atoms with Gasteiger partial charge >= 0.3 is 0 Å². The molecule has 27 heavy (non-hydrogen) atoms. The van der Waals surface area contributed by atoms with Gasteiger partial charge in [-0.05, 0) is 32.4 Å². The predicted molar refractivity (Wildman–Crippen MR) is 110 cm³/mol. The Hall–Kier alpha value is -1.90. The van der Waals surface area contributed by atoms with Crippen LogP contribution in [0.1, 0.15) is 35.6 Å². The van der Waals surface area contributed by atoms with Crippen molar-refractivity contribution in [1.29, 1.82) is 0 Å². The number of nitrogens with two attached hydrogens (primary N) is 1. The summed E-state index contributed by atoms with van der Waals surface area (Å²) in [6, 6.07) is 9.15. The van der Waals surface area contributed by atoms with E-state index < -0.39 is 5.54 Å². The molecule has 1 aromatic heterocycles. The third-order valence-electron chi connectivity index (χ3n) is 4.97. The molecule has 2 aliphatic heterocycles. The second-order valence-corrected chi connectivity index (χ2v) is 9.37. The zero-order valence-electron chi connectivity index (χ0n) is 15.3. The number of benzene rings is 1. The van der Waals surface area contributed by atoms with Crippen LogP contribution in [0.5, 0.6) is 0 Å². The van der Waals surface area contributed by atoms with Crippen molar-refractivity contribution in [3.8, 4) is 0 Å². The lowest BCUT2D eigenvalue weighted by Crippen LogP contribution is -2.53. The number of amides is 1. The summed E-state index contributed by atoms with van der Waals surface area (Å²) in [5, 5.41) is 6.25. The summed E-state index contributed by atoms with van der Waals surface area (Å²) < 4.78 is 6.14. The first-order chi connectivity index (χ1) is 12.9. The van der Waals surface area contributed by atoms with Crippen molar-refractivity contribution in [3.05, 3.63) is 46.3 Å². The topological polar surface area (TPSA) is 89.6 Å². The Morgan fingerprint density at radius 1 is 1.33 bits per heavy atom. The van der Waals surface area contributed by atoms with Gasteiger partial charge in [-0.15, -0.1) is 11.3 Å². The van der Waals surface area contributed by atoms with E-state index in [1.165, 1.54) is 11.3 Å². The number of carbonyl (C=O) groups excluding carboxylic acids is 1. The minimum Gasteiger partial charge on any atom is -0.383 e. The molecule has 0 bridgehead atoms. The molecular weight excluding hydrogens is 380 g/mol. The molecule has 3 heterocycles. The second kappa shape index (κ2) is 6.92. The van der Waals surface area contributed by atoms with Gasteiger partial charge in [-0.25, -0.2) is 9.98 Å². The Labute approximate surface area is 166 Å². The number of ether oxygens (including phenoxy) is 1. The highest BCUT2D eigenvalue weighted by molar-refractivity contribution is 8.13. The molecule has 2 aromatic rings. The highest BCUT2D eigenvalue weighted by atomic mass is 32.2. The van der Waals surface area contributed by atoms with E-state index in [1.54, 1.807) is 23.9 Å². The van der Waals surface area contributed by atoms with E-state index in [-0.39, 0.29) is 17.4 Å². The summed E-state index contributed by atoms with van der Waals surface area (Å²) >= 11 is 3.09. The van der Waals surface area contributed by atoms with Gasteiger partial charge in [0.15, 0.2) is 5.17 Å². The van der Waals surface area contributed by atoms with Gasteiger partial charge < -0.3 is 15.8 Å². The molecule has 1 fully saturated rings. The van der Waals surface area contributed by atoms with E-state index in [2.05, 4.69) is 24.1 Å². The molecule has 0 aliphatic carbocycles. The Kier molecular flexibility index (Phi) is 4.73. The number of amidine groups is 1. The van der Waals surface area contributed by atoms with Crippen molar-refractivity contribution < 1.29 is 9.53 Å². The van der Waals surface area contributed by atoms with Gasteiger partial charge in [-0.3, -0.25) is 4.79 Å². The summed E-state index contributed by atoms with van der Waals surface area (Å²) in [5.41, 5.74) is 5.70. The molecule has 8 heteroatoms. The maximum atomic E-state index is 12.6. The van der Waals surface area contributed by atoms with Crippen LogP contribution in [-0.2, 0) is 10.3 Å². The van der Waals surface area contributed by atoms with Crippen molar-refractivity contribution in [2.45, 2.75) is 31.4 Å². The highest BCUT2D eigenvalue weighted by Gasteiger charge is 2.52. The first kappa shape index (κ1) is 18.5. The number of hydrogen-bond donors (Lipinski definition) is 2. The van der Waals surface area contributed by atoms with E-state index in [9.17, 15) is 4.79 Å². The highest BCUT2D eigenvalue weighted by Crippen LogP contribution is 2.49. The van der Waals surface area contributed by atoms with Gasteiger partial charge in [0.1, 0.15) is 16.4 Å². The molecule has 2 aliphatic rings. The molecule has 4 rings (SSSR count). The summed E-state index contributed by atoms with van der Waals surface area (Å²) in [6.45, 7) is 4.64. The fraction of sp³-hybridized carbons (Fsp3) is 0.421. The van der Waals surface area contributed by atoms with Gasteiger partial charge in [-0.2, -0.15) is 0 Å². The van der Waals surface area contributed by atoms with Gasteiger partial charge in [0.05, 0.1) is 12.2 Å².